The minimum absolute atomic E-state index is 0.139. The molecule has 7 heteroatoms. The summed E-state index contributed by atoms with van der Waals surface area (Å²) in [5.74, 6) is 1.45. The van der Waals surface area contributed by atoms with Crippen molar-refractivity contribution in [3.05, 3.63) is 17.7 Å². The maximum atomic E-state index is 11.9. The van der Waals surface area contributed by atoms with Crippen LogP contribution in [0.1, 0.15) is 31.7 Å². The Labute approximate surface area is 153 Å². The Bertz CT molecular complexity index is 616. The van der Waals surface area contributed by atoms with Gasteiger partial charge in [-0.15, -0.1) is 0 Å². The fourth-order valence-corrected chi connectivity index (χ4v) is 2.75. The second-order valence-electron chi connectivity index (χ2n) is 6.39. The molecule has 0 radical (unpaired) electrons. The zero-order valence-electron chi connectivity index (χ0n) is 15.8. The highest BCUT2D eigenvalue weighted by Gasteiger charge is 2.28. The lowest BCUT2D eigenvalue weighted by molar-refractivity contribution is -0.148. The summed E-state index contributed by atoms with van der Waals surface area (Å²) in [4.78, 5) is 23.7. The number of esters is 1. The number of ether oxygens (including phenoxy) is 4. The number of nitrogens with one attached hydrogen (secondary N) is 1. The number of hydrogen-bond donors (Lipinski definition) is 1. The van der Waals surface area contributed by atoms with Crippen LogP contribution in [0.5, 0.6) is 17.2 Å². The fraction of sp³-hybridized carbons (Fsp3) is 0.579. The fourth-order valence-electron chi connectivity index (χ4n) is 2.75. The minimum Gasteiger partial charge on any atom is -0.493 e. The predicted molar refractivity (Wildman–Crippen MR) is 95.7 cm³/mol. The molecule has 2 rings (SSSR count). The smallest absolute Gasteiger partial charge is 0.306 e. The van der Waals surface area contributed by atoms with Crippen molar-refractivity contribution in [1.29, 1.82) is 0 Å². The Hall–Kier alpha value is -2.44. The Kier molecular flexibility index (Phi) is 7.12. The second-order valence-corrected chi connectivity index (χ2v) is 6.39. The maximum absolute atomic E-state index is 11.9. The van der Waals surface area contributed by atoms with E-state index in [4.69, 9.17) is 18.9 Å². The molecule has 1 fully saturated rings. The molecule has 1 atom stereocenters. The number of rotatable bonds is 10. The van der Waals surface area contributed by atoms with Gasteiger partial charge in [0.05, 0.1) is 21.3 Å². The minimum atomic E-state index is -0.423. The first-order chi connectivity index (χ1) is 12.5. The summed E-state index contributed by atoms with van der Waals surface area (Å²) in [5.41, 5.74) is 0.850. The van der Waals surface area contributed by atoms with Gasteiger partial charge in [-0.1, -0.05) is 0 Å². The molecular weight excluding hydrogens is 338 g/mol. The number of methoxy groups -OCH3 is 3. The van der Waals surface area contributed by atoms with Crippen LogP contribution in [0.2, 0.25) is 0 Å². The molecule has 0 spiro atoms. The van der Waals surface area contributed by atoms with E-state index in [0.717, 1.165) is 18.4 Å². The second kappa shape index (κ2) is 9.31. The van der Waals surface area contributed by atoms with Gasteiger partial charge in [0.15, 0.2) is 18.1 Å². The third-order valence-electron chi connectivity index (χ3n) is 4.42. The highest BCUT2D eigenvalue weighted by atomic mass is 16.5. The first kappa shape index (κ1) is 19.9. The van der Waals surface area contributed by atoms with E-state index >= 15 is 0 Å². The van der Waals surface area contributed by atoms with Crippen molar-refractivity contribution in [3.8, 4) is 17.2 Å². The Morgan fingerprint density at radius 2 is 1.73 bits per heavy atom. The van der Waals surface area contributed by atoms with E-state index in [1.54, 1.807) is 12.1 Å². The Balaban J connectivity index is 1.81. The monoisotopic (exact) mass is 365 g/mol. The summed E-state index contributed by atoms with van der Waals surface area (Å²) in [6.07, 6.45) is 2.89. The molecule has 0 aromatic heterocycles. The van der Waals surface area contributed by atoms with Crippen molar-refractivity contribution in [3.63, 3.8) is 0 Å². The van der Waals surface area contributed by atoms with Crippen molar-refractivity contribution in [2.24, 2.45) is 5.92 Å². The third kappa shape index (κ3) is 5.54. The molecule has 0 heterocycles. The zero-order valence-corrected chi connectivity index (χ0v) is 15.8. The Morgan fingerprint density at radius 3 is 2.23 bits per heavy atom. The Morgan fingerprint density at radius 1 is 1.12 bits per heavy atom. The molecule has 1 amide bonds. The largest absolute Gasteiger partial charge is 0.493 e. The van der Waals surface area contributed by atoms with E-state index < -0.39 is 5.97 Å². The van der Waals surface area contributed by atoms with Crippen molar-refractivity contribution >= 4 is 11.9 Å². The van der Waals surface area contributed by atoms with Crippen LogP contribution in [0, 0.1) is 5.92 Å². The van der Waals surface area contributed by atoms with Gasteiger partial charge >= 0.3 is 5.97 Å². The molecule has 1 N–H and O–H groups in total. The first-order valence-corrected chi connectivity index (χ1v) is 8.72. The molecule has 0 aliphatic heterocycles. The molecule has 1 aliphatic rings. The predicted octanol–water partition coefficient (Wildman–Crippen LogP) is 2.10. The van der Waals surface area contributed by atoms with Crippen molar-refractivity contribution < 1.29 is 28.5 Å². The van der Waals surface area contributed by atoms with Crippen LogP contribution in [0.4, 0.5) is 0 Å². The van der Waals surface area contributed by atoms with Crippen LogP contribution in [-0.2, 0) is 20.7 Å². The molecular formula is C19H27NO6. The van der Waals surface area contributed by atoms with E-state index in [0.29, 0.717) is 29.6 Å². The molecule has 0 saturated heterocycles. The van der Waals surface area contributed by atoms with Crippen LogP contribution < -0.4 is 19.5 Å². The van der Waals surface area contributed by atoms with Gasteiger partial charge in [0.2, 0.25) is 5.75 Å². The molecule has 1 aromatic carbocycles. The van der Waals surface area contributed by atoms with Crippen LogP contribution in [0.15, 0.2) is 12.1 Å². The number of aryl methyl sites for hydroxylation is 1. The maximum Gasteiger partial charge on any atom is 0.306 e. The standard InChI is InChI=1S/C19H27NO6/c1-12(14-6-7-14)20-17(21)11-26-18(22)8-5-13-9-15(23-2)19(25-4)16(10-13)24-3/h9-10,12,14H,5-8,11H2,1-4H3,(H,20,21)/t12-/m0/s1. The van der Waals surface area contributed by atoms with Gasteiger partial charge in [-0.3, -0.25) is 9.59 Å². The van der Waals surface area contributed by atoms with Gasteiger partial charge in [0.25, 0.3) is 5.91 Å². The summed E-state index contributed by atoms with van der Waals surface area (Å²) in [6.45, 7) is 1.73. The summed E-state index contributed by atoms with van der Waals surface area (Å²) >= 11 is 0. The van der Waals surface area contributed by atoms with Crippen molar-refractivity contribution in [1.82, 2.24) is 5.32 Å². The highest BCUT2D eigenvalue weighted by Crippen LogP contribution is 2.38. The van der Waals surface area contributed by atoms with Gasteiger partial charge in [0.1, 0.15) is 0 Å². The SMILES string of the molecule is COc1cc(CCC(=O)OCC(=O)N[C@@H](C)C2CC2)cc(OC)c1OC. The molecule has 144 valence electrons. The number of benzene rings is 1. The van der Waals surface area contributed by atoms with Crippen LogP contribution in [-0.4, -0.2) is 45.9 Å². The highest BCUT2D eigenvalue weighted by molar-refractivity contribution is 5.80. The zero-order chi connectivity index (χ0) is 19.1. The number of carbonyl (C=O) groups is 2. The van der Waals surface area contributed by atoms with Crippen LogP contribution >= 0.6 is 0 Å². The summed E-state index contributed by atoms with van der Waals surface area (Å²) in [7, 11) is 4.61. The van der Waals surface area contributed by atoms with E-state index in [-0.39, 0.29) is 25.0 Å². The van der Waals surface area contributed by atoms with E-state index in [9.17, 15) is 9.59 Å². The lowest BCUT2D eigenvalue weighted by atomic mass is 10.1. The quantitative estimate of drug-likeness (QED) is 0.640. The average Bonchev–Trinajstić information content (AvgIpc) is 3.48. The van der Waals surface area contributed by atoms with Crippen molar-refractivity contribution in [2.45, 2.75) is 38.6 Å². The van der Waals surface area contributed by atoms with Gasteiger partial charge in [-0.05, 0) is 49.8 Å². The number of carbonyl (C=O) groups excluding carboxylic acids is 2. The topological polar surface area (TPSA) is 83.1 Å². The molecule has 7 nitrogen and oxygen atoms in total. The van der Waals surface area contributed by atoms with E-state index in [1.165, 1.54) is 21.3 Å². The molecule has 1 aliphatic carbocycles. The summed E-state index contributed by atoms with van der Waals surface area (Å²) in [6, 6.07) is 3.72. The molecule has 0 bridgehead atoms. The van der Waals surface area contributed by atoms with Crippen LogP contribution in [0.25, 0.3) is 0 Å². The van der Waals surface area contributed by atoms with E-state index in [1.807, 2.05) is 6.92 Å². The van der Waals surface area contributed by atoms with Gasteiger partial charge in [-0.25, -0.2) is 0 Å². The lowest BCUT2D eigenvalue weighted by Crippen LogP contribution is -2.37. The molecule has 26 heavy (non-hydrogen) atoms. The van der Waals surface area contributed by atoms with Gasteiger partial charge in [-0.2, -0.15) is 0 Å². The summed E-state index contributed by atoms with van der Waals surface area (Å²) in [5, 5.41) is 2.85. The molecule has 1 saturated carbocycles. The lowest BCUT2D eigenvalue weighted by Gasteiger charge is -2.14. The molecule has 1 aromatic rings. The van der Waals surface area contributed by atoms with Crippen LogP contribution in [0.3, 0.4) is 0 Å². The van der Waals surface area contributed by atoms with Gasteiger partial charge in [0, 0.05) is 12.5 Å². The first-order valence-electron chi connectivity index (χ1n) is 8.72. The van der Waals surface area contributed by atoms with Crippen molar-refractivity contribution in [2.75, 3.05) is 27.9 Å². The van der Waals surface area contributed by atoms with E-state index in [2.05, 4.69) is 5.32 Å². The normalized spacial score (nSPS) is 14.3. The number of amides is 1. The average molecular weight is 365 g/mol. The van der Waals surface area contributed by atoms with Gasteiger partial charge < -0.3 is 24.3 Å². The summed E-state index contributed by atoms with van der Waals surface area (Å²) < 4.78 is 20.9. The third-order valence-corrected chi connectivity index (χ3v) is 4.42. The number of hydrogen-bond acceptors (Lipinski definition) is 6. The molecule has 0 unspecified atom stereocenters.